The fourth-order valence-corrected chi connectivity index (χ4v) is 4.47. The molecule has 2 nitrogen and oxygen atoms in total. The molecule has 0 amide bonds. The Morgan fingerprint density at radius 1 is 0.900 bits per heavy atom. The van der Waals surface area contributed by atoms with Crippen LogP contribution < -0.4 is 0 Å². The van der Waals surface area contributed by atoms with Crippen LogP contribution in [0.1, 0.15) is 78.1 Å². The molecule has 0 unspecified atom stereocenters. The number of hydrogen-bond donors (Lipinski definition) is 1. The molecule has 0 radical (unpaired) electrons. The zero-order valence-corrected chi connectivity index (χ0v) is 13.6. The summed E-state index contributed by atoms with van der Waals surface area (Å²) in [4.78, 5) is 0. The molecule has 0 aliphatic heterocycles. The van der Waals surface area contributed by atoms with Gasteiger partial charge in [-0.3, -0.25) is 0 Å². The van der Waals surface area contributed by atoms with Crippen LogP contribution in [0, 0.1) is 17.3 Å². The summed E-state index contributed by atoms with van der Waals surface area (Å²) in [7, 11) is 0. The van der Waals surface area contributed by atoms with Gasteiger partial charge in [-0.15, -0.1) is 0 Å². The van der Waals surface area contributed by atoms with Gasteiger partial charge in [0, 0.05) is 13.2 Å². The second-order valence-electron chi connectivity index (χ2n) is 7.58. The molecule has 2 rings (SSSR count). The van der Waals surface area contributed by atoms with Crippen molar-refractivity contribution < 1.29 is 9.84 Å². The molecule has 0 aromatic heterocycles. The average Bonchev–Trinajstić information content (AvgIpc) is 2.49. The molecule has 1 N–H and O–H groups in total. The first-order valence-electron chi connectivity index (χ1n) is 8.87. The molecule has 2 fully saturated rings. The fraction of sp³-hybridized carbons (Fsp3) is 1.00. The van der Waals surface area contributed by atoms with E-state index >= 15 is 0 Å². The van der Waals surface area contributed by atoms with Gasteiger partial charge in [0.25, 0.3) is 0 Å². The number of rotatable bonds is 6. The van der Waals surface area contributed by atoms with Crippen LogP contribution >= 0.6 is 0 Å². The lowest BCUT2D eigenvalue weighted by atomic mass is 9.61. The van der Waals surface area contributed by atoms with E-state index in [0.717, 1.165) is 24.9 Å². The van der Waals surface area contributed by atoms with Crippen molar-refractivity contribution in [2.75, 3.05) is 13.2 Å². The molecule has 2 aliphatic carbocycles. The Kier molecular flexibility index (Phi) is 6.35. The lowest BCUT2D eigenvalue weighted by Crippen LogP contribution is -2.37. The highest BCUT2D eigenvalue weighted by Crippen LogP contribution is 2.48. The molecule has 2 heteroatoms. The first kappa shape index (κ1) is 16.3. The third kappa shape index (κ3) is 4.21. The van der Waals surface area contributed by atoms with Gasteiger partial charge in [-0.1, -0.05) is 33.1 Å². The van der Waals surface area contributed by atoms with Crippen LogP contribution in [0.3, 0.4) is 0 Å². The Labute approximate surface area is 125 Å². The highest BCUT2D eigenvalue weighted by molar-refractivity contribution is 4.89. The zero-order valence-electron chi connectivity index (χ0n) is 13.6. The lowest BCUT2D eigenvalue weighted by molar-refractivity contribution is -0.0190. The molecule has 0 bridgehead atoms. The predicted octanol–water partition coefficient (Wildman–Crippen LogP) is 4.55. The van der Waals surface area contributed by atoms with Crippen molar-refractivity contribution in [2.45, 2.75) is 84.2 Å². The van der Waals surface area contributed by atoms with Gasteiger partial charge in [0.05, 0.1) is 6.10 Å². The van der Waals surface area contributed by atoms with Crippen molar-refractivity contribution in [3.05, 3.63) is 0 Å². The van der Waals surface area contributed by atoms with Crippen molar-refractivity contribution in [3.8, 4) is 0 Å². The smallest absolute Gasteiger partial charge is 0.0575 e. The molecular formula is C18H34O2. The Hall–Kier alpha value is -0.0800. The van der Waals surface area contributed by atoms with Crippen molar-refractivity contribution in [1.29, 1.82) is 0 Å². The van der Waals surface area contributed by atoms with Crippen molar-refractivity contribution in [2.24, 2.45) is 17.3 Å². The Balaban J connectivity index is 1.76. The van der Waals surface area contributed by atoms with E-state index in [2.05, 4.69) is 13.8 Å². The van der Waals surface area contributed by atoms with E-state index in [9.17, 15) is 0 Å². The molecule has 2 saturated carbocycles. The summed E-state index contributed by atoms with van der Waals surface area (Å²) in [5.41, 5.74) is 0.524. The maximum atomic E-state index is 8.81. The molecule has 0 aromatic carbocycles. The number of aliphatic hydroxyl groups is 1. The molecule has 0 heterocycles. The van der Waals surface area contributed by atoms with E-state index in [-0.39, 0.29) is 6.61 Å². The fourth-order valence-electron chi connectivity index (χ4n) is 4.47. The zero-order chi connectivity index (χ0) is 14.4. The van der Waals surface area contributed by atoms with Crippen LogP contribution in [0.2, 0.25) is 0 Å². The third-order valence-electron chi connectivity index (χ3n) is 6.04. The van der Waals surface area contributed by atoms with Gasteiger partial charge in [-0.2, -0.15) is 0 Å². The summed E-state index contributed by atoms with van der Waals surface area (Å²) < 4.78 is 5.87. The largest absolute Gasteiger partial charge is 0.396 e. The van der Waals surface area contributed by atoms with Crippen LogP contribution in [-0.2, 0) is 4.74 Å². The molecule has 20 heavy (non-hydrogen) atoms. The molecular weight excluding hydrogens is 248 g/mol. The second kappa shape index (κ2) is 7.79. The van der Waals surface area contributed by atoms with E-state index in [1.807, 2.05) is 0 Å². The van der Waals surface area contributed by atoms with Crippen molar-refractivity contribution in [3.63, 3.8) is 0 Å². The van der Waals surface area contributed by atoms with Crippen LogP contribution in [0.25, 0.3) is 0 Å². The molecule has 0 saturated heterocycles. The number of hydrogen-bond acceptors (Lipinski definition) is 2. The maximum Gasteiger partial charge on any atom is 0.0575 e. The van der Waals surface area contributed by atoms with Crippen LogP contribution in [0.4, 0.5) is 0 Å². The normalized spacial score (nSPS) is 29.6. The summed E-state index contributed by atoms with van der Waals surface area (Å²) in [6.07, 6.45) is 13.7. The second-order valence-corrected chi connectivity index (χ2v) is 7.58. The van der Waals surface area contributed by atoms with Gasteiger partial charge >= 0.3 is 0 Å². The minimum Gasteiger partial charge on any atom is -0.396 e. The highest BCUT2D eigenvalue weighted by Gasteiger charge is 2.39. The molecule has 0 aromatic rings. The predicted molar refractivity (Wildman–Crippen MR) is 83.8 cm³/mol. The molecule has 2 aliphatic rings. The Morgan fingerprint density at radius 3 is 2.10 bits per heavy atom. The quantitative estimate of drug-likeness (QED) is 0.724. The SMILES string of the molecule is CC(C)(C1CCCCC1)C1CCC(OCCCO)CC1. The molecule has 0 spiro atoms. The van der Waals surface area contributed by atoms with Crippen molar-refractivity contribution >= 4 is 0 Å². The van der Waals surface area contributed by atoms with Gasteiger partial charge in [-0.05, 0) is 62.2 Å². The number of ether oxygens (including phenoxy) is 1. The van der Waals surface area contributed by atoms with Crippen LogP contribution in [0.5, 0.6) is 0 Å². The van der Waals surface area contributed by atoms with E-state index in [1.165, 1.54) is 57.8 Å². The van der Waals surface area contributed by atoms with Crippen LogP contribution in [-0.4, -0.2) is 24.4 Å². The lowest BCUT2D eigenvalue weighted by Gasteiger charge is -2.45. The standard InChI is InChI=1S/C18H34O2/c1-18(2,15-7-4-3-5-8-15)16-9-11-17(12-10-16)20-14-6-13-19/h15-17,19H,3-14H2,1-2H3. The van der Waals surface area contributed by atoms with Gasteiger partial charge in [0.2, 0.25) is 0 Å². The minimum absolute atomic E-state index is 0.254. The summed E-state index contributed by atoms with van der Waals surface area (Å²) in [6, 6.07) is 0. The number of aliphatic hydroxyl groups excluding tert-OH is 1. The van der Waals surface area contributed by atoms with E-state index in [4.69, 9.17) is 9.84 Å². The summed E-state index contributed by atoms with van der Waals surface area (Å²) in [5.74, 6) is 1.84. The third-order valence-corrected chi connectivity index (χ3v) is 6.04. The van der Waals surface area contributed by atoms with Gasteiger partial charge in [-0.25, -0.2) is 0 Å². The van der Waals surface area contributed by atoms with E-state index in [0.29, 0.717) is 11.5 Å². The van der Waals surface area contributed by atoms with Gasteiger partial charge in [0.1, 0.15) is 0 Å². The Bertz CT molecular complexity index is 261. The van der Waals surface area contributed by atoms with Gasteiger partial charge in [0.15, 0.2) is 0 Å². The summed E-state index contributed by atoms with van der Waals surface area (Å²) >= 11 is 0. The summed E-state index contributed by atoms with van der Waals surface area (Å²) in [5, 5.41) is 8.81. The van der Waals surface area contributed by atoms with E-state index in [1.54, 1.807) is 0 Å². The van der Waals surface area contributed by atoms with E-state index < -0.39 is 0 Å². The minimum atomic E-state index is 0.254. The topological polar surface area (TPSA) is 29.5 Å². The first-order chi connectivity index (χ1) is 9.64. The highest BCUT2D eigenvalue weighted by atomic mass is 16.5. The van der Waals surface area contributed by atoms with Crippen LogP contribution in [0.15, 0.2) is 0 Å². The van der Waals surface area contributed by atoms with Crippen molar-refractivity contribution in [1.82, 2.24) is 0 Å². The monoisotopic (exact) mass is 282 g/mol. The molecule has 118 valence electrons. The first-order valence-corrected chi connectivity index (χ1v) is 8.87. The Morgan fingerprint density at radius 2 is 1.50 bits per heavy atom. The van der Waals surface area contributed by atoms with Gasteiger partial charge < -0.3 is 9.84 Å². The average molecular weight is 282 g/mol. The maximum absolute atomic E-state index is 8.81. The molecule has 0 atom stereocenters. The summed E-state index contributed by atoms with van der Waals surface area (Å²) in [6.45, 7) is 6.04.